The van der Waals surface area contributed by atoms with Crippen molar-refractivity contribution < 1.29 is 0 Å². The van der Waals surface area contributed by atoms with Gasteiger partial charge in [0.25, 0.3) is 11.4 Å². The lowest BCUT2D eigenvalue weighted by molar-refractivity contribution is 1.36. The lowest BCUT2D eigenvalue weighted by atomic mass is 9.85. The summed E-state index contributed by atoms with van der Waals surface area (Å²) in [5.41, 5.74) is 10.8. The zero-order valence-corrected chi connectivity index (χ0v) is 17.4. The average molecular weight is 406 g/mol. The molecule has 0 fully saturated rings. The van der Waals surface area contributed by atoms with Gasteiger partial charge in [0.1, 0.15) is 0 Å². The third-order valence-electron chi connectivity index (χ3n) is 6.34. The van der Waals surface area contributed by atoms with E-state index in [-0.39, 0.29) is 11.4 Å². The van der Waals surface area contributed by atoms with Crippen molar-refractivity contribution in [3.05, 3.63) is 116 Å². The highest BCUT2D eigenvalue weighted by Crippen LogP contribution is 2.57. The molecular weight excluding hydrogens is 392 g/mol. The van der Waals surface area contributed by atoms with Gasteiger partial charge in [-0.1, -0.05) is 48.5 Å². The van der Waals surface area contributed by atoms with E-state index in [1.807, 2.05) is 62.4 Å². The van der Waals surface area contributed by atoms with Crippen LogP contribution in [0, 0.1) is 49.7 Å². The van der Waals surface area contributed by atoms with Crippen LogP contribution < -0.4 is 0 Å². The fourth-order valence-corrected chi connectivity index (χ4v) is 5.17. The molecule has 32 heavy (non-hydrogen) atoms. The van der Waals surface area contributed by atoms with Crippen molar-refractivity contribution in [2.75, 3.05) is 0 Å². The van der Waals surface area contributed by atoms with Crippen LogP contribution in [0.15, 0.2) is 59.9 Å². The summed E-state index contributed by atoms with van der Waals surface area (Å²) in [4.78, 5) is 7.08. The molecule has 0 aromatic heterocycles. The van der Waals surface area contributed by atoms with Crippen LogP contribution in [-0.4, -0.2) is 0 Å². The van der Waals surface area contributed by atoms with Gasteiger partial charge in [0.15, 0.2) is 0 Å². The number of nitriles is 2. The monoisotopic (exact) mass is 406 g/mol. The van der Waals surface area contributed by atoms with Gasteiger partial charge < -0.3 is 0 Å². The Kier molecular flexibility index (Phi) is 4.07. The van der Waals surface area contributed by atoms with Crippen molar-refractivity contribution in [1.82, 2.24) is 0 Å². The van der Waals surface area contributed by atoms with Gasteiger partial charge in [-0.25, -0.2) is 20.2 Å². The maximum atomic E-state index is 9.73. The van der Waals surface area contributed by atoms with Crippen LogP contribution >= 0.6 is 0 Å². The second kappa shape index (κ2) is 6.82. The molecule has 0 radical (unpaired) electrons. The molecule has 2 aliphatic rings. The minimum Gasteiger partial charge on any atom is -0.226 e. The highest BCUT2D eigenvalue weighted by Gasteiger charge is 2.37. The Labute approximate surface area is 186 Å². The van der Waals surface area contributed by atoms with Gasteiger partial charge in [0.05, 0.1) is 25.3 Å². The molecule has 0 saturated heterocycles. The maximum Gasteiger partial charge on any atom is 0.270 e. The summed E-state index contributed by atoms with van der Waals surface area (Å²) in [5, 5.41) is 19.5. The highest BCUT2D eigenvalue weighted by molar-refractivity contribution is 6.13. The van der Waals surface area contributed by atoms with E-state index in [1.54, 1.807) is 0 Å². The molecule has 0 unspecified atom stereocenters. The summed E-state index contributed by atoms with van der Waals surface area (Å²) in [6, 6.07) is 19.8. The molecule has 146 valence electrons. The van der Waals surface area contributed by atoms with E-state index < -0.39 is 0 Å². The van der Waals surface area contributed by atoms with Crippen LogP contribution in [0.25, 0.3) is 43.1 Å². The Bertz CT molecular complexity index is 1460. The Morgan fingerprint density at radius 1 is 0.625 bits per heavy atom. The van der Waals surface area contributed by atoms with Crippen molar-refractivity contribution in [3.63, 3.8) is 0 Å². The van der Waals surface area contributed by atoms with Gasteiger partial charge in [-0.3, -0.25) is 0 Å². The summed E-state index contributed by atoms with van der Waals surface area (Å²) in [6.07, 6.45) is 0. The molecule has 0 spiro atoms. The predicted molar refractivity (Wildman–Crippen MR) is 123 cm³/mol. The van der Waals surface area contributed by atoms with E-state index in [1.165, 1.54) is 0 Å². The molecule has 0 saturated carbocycles. The molecule has 0 amide bonds. The van der Waals surface area contributed by atoms with Gasteiger partial charge in [0.2, 0.25) is 0 Å². The number of rotatable bonds is 0. The Balaban J connectivity index is 2.06. The second-order valence-corrected chi connectivity index (χ2v) is 7.74. The van der Waals surface area contributed by atoms with E-state index in [9.17, 15) is 10.5 Å². The van der Waals surface area contributed by atoms with Gasteiger partial charge >= 0.3 is 0 Å². The molecule has 0 aliphatic heterocycles. The van der Waals surface area contributed by atoms with Crippen LogP contribution in [-0.2, 0) is 0 Å². The van der Waals surface area contributed by atoms with E-state index in [0.29, 0.717) is 11.1 Å². The first-order chi connectivity index (χ1) is 15.6. The quantitative estimate of drug-likeness (QED) is 0.213. The lowest BCUT2D eigenvalue weighted by Gasteiger charge is -2.18. The maximum absolute atomic E-state index is 9.73. The Morgan fingerprint density at radius 3 is 1.28 bits per heavy atom. The zero-order valence-electron chi connectivity index (χ0n) is 17.4. The molecule has 2 aliphatic carbocycles. The molecule has 3 aromatic carbocycles. The van der Waals surface area contributed by atoms with E-state index in [2.05, 4.69) is 21.8 Å². The zero-order chi connectivity index (χ0) is 22.6. The molecule has 0 heterocycles. The normalized spacial score (nSPS) is 15.2. The first-order valence-electron chi connectivity index (χ1n) is 10.00. The summed E-state index contributed by atoms with van der Waals surface area (Å²) in [7, 11) is 0. The van der Waals surface area contributed by atoms with Crippen molar-refractivity contribution in [2.24, 2.45) is 0 Å². The average Bonchev–Trinajstić information content (AvgIpc) is 3.35. The first kappa shape index (κ1) is 19.1. The SMILES string of the molecule is [C-]#[N+]/C(C#N)=C1/c2ccccc2-c2c(C)c3c(c(C)c21)-c1ccccc1/C3=C(/C#N)[N+]#[C-]. The molecule has 3 aromatic rings. The summed E-state index contributed by atoms with van der Waals surface area (Å²) in [5.74, 6) is 0. The van der Waals surface area contributed by atoms with Crippen LogP contribution in [0.2, 0.25) is 0 Å². The number of benzene rings is 3. The predicted octanol–water partition coefficient (Wildman–Crippen LogP) is 6.67. The fraction of sp³-hybridized carbons (Fsp3) is 0.0714. The van der Waals surface area contributed by atoms with Gasteiger partial charge in [-0.05, 0) is 69.5 Å². The highest BCUT2D eigenvalue weighted by atomic mass is 14.7. The Morgan fingerprint density at radius 2 is 0.969 bits per heavy atom. The van der Waals surface area contributed by atoms with Gasteiger partial charge in [0, 0.05) is 11.1 Å². The van der Waals surface area contributed by atoms with Crippen LogP contribution in [0.3, 0.4) is 0 Å². The van der Waals surface area contributed by atoms with Crippen LogP contribution in [0.4, 0.5) is 0 Å². The van der Waals surface area contributed by atoms with Crippen molar-refractivity contribution in [2.45, 2.75) is 13.8 Å². The summed E-state index contributed by atoms with van der Waals surface area (Å²) in [6.45, 7) is 19.2. The number of hydrogen-bond donors (Lipinski definition) is 0. The molecule has 0 bridgehead atoms. The summed E-state index contributed by atoms with van der Waals surface area (Å²) < 4.78 is 0. The molecular formula is C28H14N4. The molecule has 0 atom stereocenters. The third kappa shape index (κ3) is 2.22. The van der Waals surface area contributed by atoms with Crippen LogP contribution in [0.5, 0.6) is 0 Å². The lowest BCUT2D eigenvalue weighted by Crippen LogP contribution is -1.99. The fourth-order valence-electron chi connectivity index (χ4n) is 5.17. The molecule has 4 heteroatoms. The standard InChI is InChI=1S/C28H14N4/c1-15-23-17-9-5-7-11-19(17)28(22(14-30)32-4)26(23)16(2)24-18-10-6-8-12-20(18)27(25(15)24)21(13-29)31-3/h5-12H,1-2H3/b27-21-,28-22+. The van der Waals surface area contributed by atoms with E-state index >= 15 is 0 Å². The van der Waals surface area contributed by atoms with Crippen LogP contribution in [0.1, 0.15) is 33.4 Å². The number of nitrogens with zero attached hydrogens (tertiary/aromatic N) is 4. The Hall–Kier alpha value is -4.90. The van der Waals surface area contributed by atoms with E-state index in [0.717, 1.165) is 55.6 Å². The smallest absolute Gasteiger partial charge is 0.226 e. The number of hydrogen-bond acceptors (Lipinski definition) is 2. The largest absolute Gasteiger partial charge is 0.270 e. The molecule has 5 rings (SSSR count). The van der Waals surface area contributed by atoms with Gasteiger partial charge in [-0.15, -0.1) is 0 Å². The minimum absolute atomic E-state index is 0.0690. The van der Waals surface area contributed by atoms with Crippen molar-refractivity contribution in [3.8, 4) is 34.4 Å². The van der Waals surface area contributed by atoms with E-state index in [4.69, 9.17) is 13.1 Å². The van der Waals surface area contributed by atoms with Gasteiger partial charge in [-0.2, -0.15) is 0 Å². The number of allylic oxidation sites excluding steroid dienone is 2. The summed E-state index contributed by atoms with van der Waals surface area (Å²) >= 11 is 0. The van der Waals surface area contributed by atoms with Crippen molar-refractivity contribution >= 4 is 11.1 Å². The second-order valence-electron chi connectivity index (χ2n) is 7.74. The topological polar surface area (TPSA) is 56.3 Å². The number of fused-ring (bicyclic) bond motifs is 6. The van der Waals surface area contributed by atoms with Crippen molar-refractivity contribution in [1.29, 1.82) is 10.5 Å². The molecule has 0 N–H and O–H groups in total. The molecule has 4 nitrogen and oxygen atoms in total. The third-order valence-corrected chi connectivity index (χ3v) is 6.34. The first-order valence-corrected chi connectivity index (χ1v) is 10.00. The minimum atomic E-state index is 0.0690.